The molecule has 1 N–H and O–H groups in total. The van der Waals surface area contributed by atoms with Gasteiger partial charge in [-0.05, 0) is 67.1 Å². The molecule has 6 heteroatoms. The zero-order chi connectivity index (χ0) is 22.8. The average Bonchev–Trinajstić information content (AvgIpc) is 2.82. The van der Waals surface area contributed by atoms with Crippen molar-refractivity contribution in [1.82, 2.24) is 10.2 Å². The Labute approximate surface area is 188 Å². The lowest BCUT2D eigenvalue weighted by molar-refractivity contribution is 0.0951. The third kappa shape index (κ3) is 6.82. The Kier molecular flexibility index (Phi) is 8.63. The number of rotatable bonds is 11. The van der Waals surface area contributed by atoms with E-state index in [-0.39, 0.29) is 11.7 Å². The standard InChI is InChI=1S/C26H29FN2O3/c1-3-29(17-7-16-28-26(30)21-12-14-22(27)15-13-21)19-20-8-6-9-23(18-20)32-25-11-5-4-10-24(25)31-2/h4-6,8-15,18H,3,7,16-17,19H2,1-2H3,(H,28,30). The SMILES string of the molecule is CCN(CCCNC(=O)c1ccc(F)cc1)Cc1cccc(Oc2ccccc2OC)c1. The van der Waals surface area contributed by atoms with Gasteiger partial charge in [0.15, 0.2) is 11.5 Å². The van der Waals surface area contributed by atoms with Crippen molar-refractivity contribution in [3.8, 4) is 17.2 Å². The third-order valence-electron chi connectivity index (χ3n) is 5.09. The smallest absolute Gasteiger partial charge is 0.251 e. The summed E-state index contributed by atoms with van der Waals surface area (Å²) in [6.07, 6.45) is 0.818. The summed E-state index contributed by atoms with van der Waals surface area (Å²) in [4.78, 5) is 14.4. The van der Waals surface area contributed by atoms with Gasteiger partial charge in [-0.1, -0.05) is 31.2 Å². The number of methoxy groups -OCH3 is 1. The van der Waals surface area contributed by atoms with Gasteiger partial charge >= 0.3 is 0 Å². The van der Waals surface area contributed by atoms with E-state index in [1.54, 1.807) is 7.11 Å². The molecule has 0 bridgehead atoms. The van der Waals surface area contributed by atoms with Crippen LogP contribution >= 0.6 is 0 Å². The van der Waals surface area contributed by atoms with Crippen molar-refractivity contribution in [2.45, 2.75) is 19.9 Å². The number of para-hydroxylation sites is 2. The second kappa shape index (κ2) is 11.9. The fraction of sp³-hybridized carbons (Fsp3) is 0.269. The minimum atomic E-state index is -0.350. The van der Waals surface area contributed by atoms with E-state index in [2.05, 4.69) is 23.2 Å². The third-order valence-corrected chi connectivity index (χ3v) is 5.09. The van der Waals surface area contributed by atoms with Crippen LogP contribution in [0, 0.1) is 5.82 Å². The van der Waals surface area contributed by atoms with Gasteiger partial charge in [0.25, 0.3) is 5.91 Å². The van der Waals surface area contributed by atoms with Crippen LogP contribution in [-0.4, -0.2) is 37.6 Å². The number of nitrogens with zero attached hydrogens (tertiary/aromatic N) is 1. The molecule has 3 aromatic carbocycles. The van der Waals surface area contributed by atoms with Crippen LogP contribution in [0.15, 0.2) is 72.8 Å². The highest BCUT2D eigenvalue weighted by molar-refractivity contribution is 5.94. The fourth-order valence-corrected chi connectivity index (χ4v) is 3.35. The molecule has 168 valence electrons. The van der Waals surface area contributed by atoms with Gasteiger partial charge in [0.05, 0.1) is 7.11 Å². The molecule has 0 spiro atoms. The second-order valence-electron chi connectivity index (χ2n) is 7.39. The number of amides is 1. The molecule has 0 atom stereocenters. The highest BCUT2D eigenvalue weighted by Crippen LogP contribution is 2.31. The van der Waals surface area contributed by atoms with Gasteiger partial charge in [-0.15, -0.1) is 0 Å². The lowest BCUT2D eigenvalue weighted by Crippen LogP contribution is -2.29. The quantitative estimate of drug-likeness (QED) is 0.416. The molecule has 0 heterocycles. The number of carbonyl (C=O) groups excluding carboxylic acids is 1. The summed E-state index contributed by atoms with van der Waals surface area (Å²) in [5.74, 6) is 1.59. The van der Waals surface area contributed by atoms with Crippen molar-refractivity contribution in [2.75, 3.05) is 26.7 Å². The van der Waals surface area contributed by atoms with Crippen molar-refractivity contribution in [3.05, 3.63) is 89.7 Å². The van der Waals surface area contributed by atoms with Crippen LogP contribution in [0.1, 0.15) is 29.3 Å². The maximum absolute atomic E-state index is 13.0. The Morgan fingerprint density at radius 1 is 1.00 bits per heavy atom. The first-order valence-electron chi connectivity index (χ1n) is 10.7. The van der Waals surface area contributed by atoms with Gasteiger partial charge in [0.2, 0.25) is 0 Å². The number of ether oxygens (including phenoxy) is 2. The summed E-state index contributed by atoms with van der Waals surface area (Å²) in [6, 6.07) is 21.1. The number of benzene rings is 3. The van der Waals surface area contributed by atoms with Crippen LogP contribution in [0.5, 0.6) is 17.2 Å². The van der Waals surface area contributed by atoms with Gasteiger partial charge in [0, 0.05) is 25.2 Å². The van der Waals surface area contributed by atoms with E-state index in [4.69, 9.17) is 9.47 Å². The minimum Gasteiger partial charge on any atom is -0.493 e. The first-order valence-corrected chi connectivity index (χ1v) is 10.7. The molecule has 0 saturated carbocycles. The molecule has 3 aromatic rings. The summed E-state index contributed by atoms with van der Waals surface area (Å²) in [7, 11) is 1.62. The van der Waals surface area contributed by atoms with Crippen molar-refractivity contribution < 1.29 is 18.7 Å². The predicted octanol–water partition coefficient (Wildman–Crippen LogP) is 5.27. The number of hydrogen-bond donors (Lipinski definition) is 1. The molecule has 0 aromatic heterocycles. The molecule has 0 aliphatic rings. The molecule has 1 amide bonds. The first kappa shape index (κ1) is 23.3. The maximum atomic E-state index is 13.0. The van der Waals surface area contributed by atoms with Crippen molar-refractivity contribution in [1.29, 1.82) is 0 Å². The first-order chi connectivity index (χ1) is 15.6. The van der Waals surface area contributed by atoms with E-state index in [1.165, 1.54) is 24.3 Å². The molecule has 0 radical (unpaired) electrons. The molecule has 3 rings (SSSR count). The molecule has 0 aliphatic heterocycles. The lowest BCUT2D eigenvalue weighted by Gasteiger charge is -2.21. The fourth-order valence-electron chi connectivity index (χ4n) is 3.35. The molecular formula is C26H29FN2O3. The second-order valence-corrected chi connectivity index (χ2v) is 7.39. The summed E-state index contributed by atoms with van der Waals surface area (Å²) in [6.45, 7) is 5.20. The summed E-state index contributed by atoms with van der Waals surface area (Å²) in [5, 5.41) is 2.89. The van der Waals surface area contributed by atoms with Crippen molar-refractivity contribution in [3.63, 3.8) is 0 Å². The van der Waals surface area contributed by atoms with Crippen LogP contribution in [0.3, 0.4) is 0 Å². The Balaban J connectivity index is 1.49. The topological polar surface area (TPSA) is 50.8 Å². The zero-order valence-electron chi connectivity index (χ0n) is 18.5. The average molecular weight is 437 g/mol. The molecule has 0 unspecified atom stereocenters. The van der Waals surface area contributed by atoms with Gasteiger partial charge in [-0.25, -0.2) is 4.39 Å². The van der Waals surface area contributed by atoms with E-state index < -0.39 is 0 Å². The normalized spacial score (nSPS) is 10.8. The van der Waals surface area contributed by atoms with E-state index in [0.29, 0.717) is 23.6 Å². The molecule has 0 saturated heterocycles. The van der Waals surface area contributed by atoms with Crippen molar-refractivity contribution in [2.24, 2.45) is 0 Å². The highest BCUT2D eigenvalue weighted by Gasteiger charge is 2.09. The monoisotopic (exact) mass is 436 g/mol. The lowest BCUT2D eigenvalue weighted by atomic mass is 10.2. The Morgan fingerprint density at radius 2 is 1.75 bits per heavy atom. The summed E-state index contributed by atoms with van der Waals surface area (Å²) < 4.78 is 24.4. The summed E-state index contributed by atoms with van der Waals surface area (Å²) in [5.41, 5.74) is 1.61. The van der Waals surface area contributed by atoms with Gasteiger partial charge in [-0.2, -0.15) is 0 Å². The molecule has 32 heavy (non-hydrogen) atoms. The number of nitrogens with one attached hydrogen (secondary N) is 1. The highest BCUT2D eigenvalue weighted by atomic mass is 19.1. The Bertz CT molecular complexity index is 1010. The van der Waals surface area contributed by atoms with Gasteiger partial charge < -0.3 is 14.8 Å². The van der Waals surface area contributed by atoms with E-state index in [0.717, 1.165) is 37.4 Å². The maximum Gasteiger partial charge on any atom is 0.251 e. The molecular weight excluding hydrogens is 407 g/mol. The van der Waals surface area contributed by atoms with E-state index in [9.17, 15) is 9.18 Å². The zero-order valence-corrected chi connectivity index (χ0v) is 18.5. The summed E-state index contributed by atoms with van der Waals surface area (Å²) >= 11 is 0. The number of halogens is 1. The Morgan fingerprint density at radius 3 is 2.47 bits per heavy atom. The van der Waals surface area contributed by atoms with Crippen LogP contribution in [0.25, 0.3) is 0 Å². The molecule has 0 fully saturated rings. The minimum absolute atomic E-state index is 0.186. The number of hydrogen-bond acceptors (Lipinski definition) is 4. The predicted molar refractivity (Wildman–Crippen MR) is 124 cm³/mol. The van der Waals surface area contributed by atoms with Gasteiger partial charge in [0.1, 0.15) is 11.6 Å². The van der Waals surface area contributed by atoms with E-state index in [1.807, 2.05) is 42.5 Å². The van der Waals surface area contributed by atoms with Gasteiger partial charge in [-0.3, -0.25) is 9.69 Å². The number of carbonyl (C=O) groups is 1. The van der Waals surface area contributed by atoms with Crippen LogP contribution in [0.4, 0.5) is 4.39 Å². The van der Waals surface area contributed by atoms with Crippen molar-refractivity contribution >= 4 is 5.91 Å². The van der Waals surface area contributed by atoms with E-state index >= 15 is 0 Å². The Hall–Kier alpha value is -3.38. The molecule has 5 nitrogen and oxygen atoms in total. The molecule has 0 aliphatic carbocycles. The largest absolute Gasteiger partial charge is 0.493 e. The van der Waals surface area contributed by atoms with Crippen LogP contribution in [-0.2, 0) is 6.54 Å². The van der Waals surface area contributed by atoms with Crippen LogP contribution < -0.4 is 14.8 Å². The van der Waals surface area contributed by atoms with Crippen LogP contribution in [0.2, 0.25) is 0 Å².